The zero-order chi connectivity index (χ0) is 28.9. The van der Waals surface area contributed by atoms with E-state index in [1.807, 2.05) is 74.5 Å². The second kappa shape index (κ2) is 15.4. The summed E-state index contributed by atoms with van der Waals surface area (Å²) >= 11 is 0. The molecule has 4 atom stereocenters. The lowest BCUT2D eigenvalue weighted by Gasteiger charge is -2.25. The molecule has 1 aliphatic rings. The highest BCUT2D eigenvalue weighted by molar-refractivity contribution is 5.92. The smallest absolute Gasteiger partial charge is 0.408 e. The number of benzene rings is 2. The summed E-state index contributed by atoms with van der Waals surface area (Å²) in [6, 6.07) is 15.5. The van der Waals surface area contributed by atoms with Crippen LogP contribution < -0.4 is 21.3 Å². The largest absolute Gasteiger partial charge is 0.445 e. The average molecular weight is 551 g/mol. The van der Waals surface area contributed by atoms with Gasteiger partial charge in [-0.15, -0.1) is 0 Å². The first-order valence-corrected chi connectivity index (χ1v) is 13.6. The number of carbonyl (C=O) groups is 5. The van der Waals surface area contributed by atoms with Gasteiger partial charge in [-0.05, 0) is 36.3 Å². The van der Waals surface area contributed by atoms with Crippen molar-refractivity contribution >= 4 is 30.1 Å². The molecule has 10 nitrogen and oxygen atoms in total. The number of carbonyl (C=O) groups excluding carboxylic acids is 5. The van der Waals surface area contributed by atoms with Crippen molar-refractivity contribution < 1.29 is 28.7 Å². The maximum absolute atomic E-state index is 13.4. The number of aldehydes is 1. The predicted molar refractivity (Wildman–Crippen MR) is 149 cm³/mol. The minimum atomic E-state index is -1.02. The van der Waals surface area contributed by atoms with E-state index in [1.54, 1.807) is 0 Å². The molecular weight excluding hydrogens is 512 g/mol. The van der Waals surface area contributed by atoms with Gasteiger partial charge < -0.3 is 30.8 Å². The van der Waals surface area contributed by atoms with Crippen molar-refractivity contribution in [2.75, 3.05) is 6.54 Å². The van der Waals surface area contributed by atoms with E-state index >= 15 is 0 Å². The summed E-state index contributed by atoms with van der Waals surface area (Å²) in [7, 11) is 0. The molecule has 0 aromatic heterocycles. The Hall–Kier alpha value is -4.21. The molecule has 214 valence electrons. The second-order valence-electron chi connectivity index (χ2n) is 10.4. The molecule has 4 N–H and O–H groups in total. The SMILES string of the molecule is CC(C)C[C@H](NC(=O)[C@H](Cc1ccccc1)NC(=O)OCc1ccccc1)C(=O)N[C@H](C=O)C[C@@H]1CCNC1=O. The Bertz CT molecular complexity index is 1140. The lowest BCUT2D eigenvalue weighted by Crippen LogP contribution is -2.56. The van der Waals surface area contributed by atoms with Crippen molar-refractivity contribution in [1.29, 1.82) is 0 Å². The van der Waals surface area contributed by atoms with E-state index in [2.05, 4.69) is 21.3 Å². The summed E-state index contributed by atoms with van der Waals surface area (Å²) in [4.78, 5) is 62.9. The molecule has 10 heteroatoms. The molecule has 0 unspecified atom stereocenters. The Morgan fingerprint density at radius 3 is 2.12 bits per heavy atom. The van der Waals surface area contributed by atoms with Gasteiger partial charge in [-0.1, -0.05) is 74.5 Å². The van der Waals surface area contributed by atoms with E-state index in [9.17, 15) is 24.0 Å². The molecular formula is C30H38N4O6. The Labute approximate surface area is 234 Å². The van der Waals surface area contributed by atoms with Gasteiger partial charge in [0.2, 0.25) is 17.7 Å². The zero-order valence-electron chi connectivity index (χ0n) is 22.9. The number of hydrogen-bond donors (Lipinski definition) is 4. The van der Waals surface area contributed by atoms with Gasteiger partial charge in [0.25, 0.3) is 0 Å². The third-order valence-corrected chi connectivity index (χ3v) is 6.64. The Balaban J connectivity index is 1.68. The molecule has 2 aromatic rings. The normalized spacial score (nSPS) is 16.8. The molecule has 1 saturated heterocycles. The third kappa shape index (κ3) is 9.83. The van der Waals surface area contributed by atoms with Crippen LogP contribution in [-0.2, 0) is 36.9 Å². The number of amides is 4. The van der Waals surface area contributed by atoms with Gasteiger partial charge in [-0.25, -0.2) is 4.79 Å². The maximum atomic E-state index is 13.4. The number of ether oxygens (including phenoxy) is 1. The lowest BCUT2D eigenvalue weighted by atomic mass is 9.97. The van der Waals surface area contributed by atoms with Crippen LogP contribution in [0.1, 0.15) is 44.2 Å². The molecule has 1 aliphatic heterocycles. The second-order valence-corrected chi connectivity index (χ2v) is 10.4. The van der Waals surface area contributed by atoms with Crippen LogP contribution in [0.25, 0.3) is 0 Å². The number of rotatable bonds is 14. The topological polar surface area (TPSA) is 143 Å². The van der Waals surface area contributed by atoms with Crippen LogP contribution in [0.15, 0.2) is 60.7 Å². The highest BCUT2D eigenvalue weighted by atomic mass is 16.5. The molecule has 3 rings (SSSR count). The molecule has 0 aliphatic carbocycles. The van der Waals surface area contributed by atoms with E-state index in [1.165, 1.54) is 0 Å². The summed E-state index contributed by atoms with van der Waals surface area (Å²) < 4.78 is 5.32. The van der Waals surface area contributed by atoms with Gasteiger partial charge in [-0.3, -0.25) is 14.4 Å². The lowest BCUT2D eigenvalue weighted by molar-refractivity contribution is -0.131. The highest BCUT2D eigenvalue weighted by Gasteiger charge is 2.31. The summed E-state index contributed by atoms with van der Waals surface area (Å²) in [6.07, 6.45) is 1.12. The fourth-order valence-electron chi connectivity index (χ4n) is 4.55. The fraction of sp³-hybridized carbons (Fsp3) is 0.433. The van der Waals surface area contributed by atoms with Crippen molar-refractivity contribution in [3.63, 3.8) is 0 Å². The van der Waals surface area contributed by atoms with Crippen LogP contribution in [0.4, 0.5) is 4.79 Å². The first-order chi connectivity index (χ1) is 19.2. The summed E-state index contributed by atoms with van der Waals surface area (Å²) in [5, 5.41) is 10.8. The van der Waals surface area contributed by atoms with Crippen LogP contribution >= 0.6 is 0 Å². The molecule has 1 fully saturated rings. The van der Waals surface area contributed by atoms with Gasteiger partial charge in [0, 0.05) is 18.9 Å². The molecule has 4 amide bonds. The van der Waals surface area contributed by atoms with Crippen LogP contribution in [0.2, 0.25) is 0 Å². The first-order valence-electron chi connectivity index (χ1n) is 13.6. The van der Waals surface area contributed by atoms with Crippen LogP contribution in [0.3, 0.4) is 0 Å². The Morgan fingerprint density at radius 2 is 1.55 bits per heavy atom. The number of alkyl carbamates (subject to hydrolysis) is 1. The minimum Gasteiger partial charge on any atom is -0.445 e. The van der Waals surface area contributed by atoms with Crippen molar-refractivity contribution in [3.05, 3.63) is 71.8 Å². The monoisotopic (exact) mass is 550 g/mol. The van der Waals surface area contributed by atoms with Crippen LogP contribution in [0.5, 0.6) is 0 Å². The van der Waals surface area contributed by atoms with Crippen molar-refractivity contribution in [2.45, 2.75) is 64.3 Å². The molecule has 2 aromatic carbocycles. The van der Waals surface area contributed by atoms with Gasteiger partial charge in [0.15, 0.2) is 0 Å². The maximum Gasteiger partial charge on any atom is 0.408 e. The van der Waals surface area contributed by atoms with Crippen molar-refractivity contribution in [3.8, 4) is 0 Å². The van der Waals surface area contributed by atoms with E-state index in [-0.39, 0.29) is 37.2 Å². The Morgan fingerprint density at radius 1 is 0.925 bits per heavy atom. The molecule has 0 saturated carbocycles. The van der Waals surface area contributed by atoms with Gasteiger partial charge in [0.1, 0.15) is 25.0 Å². The first kappa shape index (κ1) is 30.3. The highest BCUT2D eigenvalue weighted by Crippen LogP contribution is 2.16. The van der Waals surface area contributed by atoms with Crippen LogP contribution in [0, 0.1) is 11.8 Å². The van der Waals surface area contributed by atoms with Crippen molar-refractivity contribution in [1.82, 2.24) is 21.3 Å². The summed E-state index contributed by atoms with van der Waals surface area (Å²) in [5.74, 6) is -1.53. The molecule has 0 spiro atoms. The predicted octanol–water partition coefficient (Wildman–Crippen LogP) is 2.26. The summed E-state index contributed by atoms with van der Waals surface area (Å²) in [5.41, 5.74) is 1.61. The molecule has 40 heavy (non-hydrogen) atoms. The minimum absolute atomic E-state index is 0.0385. The number of nitrogens with one attached hydrogen (secondary N) is 4. The molecule has 0 bridgehead atoms. The van der Waals surface area contributed by atoms with Gasteiger partial charge in [-0.2, -0.15) is 0 Å². The van der Waals surface area contributed by atoms with E-state index in [0.717, 1.165) is 11.1 Å². The van der Waals surface area contributed by atoms with E-state index < -0.39 is 36.0 Å². The van der Waals surface area contributed by atoms with Gasteiger partial charge >= 0.3 is 6.09 Å². The third-order valence-electron chi connectivity index (χ3n) is 6.64. The van der Waals surface area contributed by atoms with Crippen molar-refractivity contribution in [2.24, 2.45) is 11.8 Å². The van der Waals surface area contributed by atoms with E-state index in [4.69, 9.17) is 4.74 Å². The fourth-order valence-corrected chi connectivity index (χ4v) is 4.55. The van der Waals surface area contributed by atoms with Gasteiger partial charge in [0.05, 0.1) is 6.04 Å². The number of hydrogen-bond acceptors (Lipinski definition) is 6. The molecule has 0 radical (unpaired) electrons. The van der Waals surface area contributed by atoms with Crippen LogP contribution in [-0.4, -0.2) is 54.8 Å². The average Bonchev–Trinajstić information content (AvgIpc) is 3.35. The summed E-state index contributed by atoms with van der Waals surface area (Å²) in [6.45, 7) is 4.40. The quantitative estimate of drug-likeness (QED) is 0.266. The standard InChI is InChI=1S/C30H38N4O6/c1-20(2)15-25(28(37)32-24(18-35)17-23-13-14-31-27(23)36)33-29(38)26(16-21-9-5-3-6-10-21)34-30(39)40-19-22-11-7-4-8-12-22/h3-12,18,20,23-26H,13-17,19H2,1-2H3,(H,31,36)(H,32,37)(H,33,38)(H,34,39)/t23-,24-,25-,26-/m0/s1. The molecule has 1 heterocycles. The van der Waals surface area contributed by atoms with E-state index in [0.29, 0.717) is 25.7 Å². The zero-order valence-corrected chi connectivity index (χ0v) is 22.9. The Kier molecular flexibility index (Phi) is 11.7.